The van der Waals surface area contributed by atoms with Crippen molar-refractivity contribution in [2.24, 2.45) is 0 Å². The molecule has 9 heavy (non-hydrogen) atoms. The van der Waals surface area contributed by atoms with E-state index in [0.29, 0.717) is 6.42 Å². The zero-order chi connectivity index (χ0) is 7.28. The van der Waals surface area contributed by atoms with Crippen LogP contribution < -0.4 is 0 Å². The highest BCUT2D eigenvalue weighted by Gasteiger charge is 2.14. The van der Waals surface area contributed by atoms with Crippen molar-refractivity contribution in [1.29, 1.82) is 0 Å². The highest BCUT2D eigenvalue weighted by molar-refractivity contribution is 5.74. The summed E-state index contributed by atoms with van der Waals surface area (Å²) >= 11 is 0. The monoisotopic (exact) mass is 131 g/mol. The lowest BCUT2D eigenvalue weighted by molar-refractivity contribution is -0.150. The number of hydrogen-bond acceptors (Lipinski definition) is 3. The second-order valence-electron chi connectivity index (χ2n) is 1.60. The summed E-state index contributed by atoms with van der Waals surface area (Å²) in [5, 5.41) is 0. The van der Waals surface area contributed by atoms with Crippen LogP contribution in [-0.4, -0.2) is 19.2 Å². The minimum atomic E-state index is -0.456. The van der Waals surface area contributed by atoms with Crippen molar-refractivity contribution >= 4 is 5.97 Å². The van der Waals surface area contributed by atoms with Crippen LogP contribution in [0.4, 0.5) is 0 Å². The van der Waals surface area contributed by atoms with Crippen molar-refractivity contribution in [2.75, 3.05) is 7.11 Å². The molecule has 0 aromatic heterocycles. The van der Waals surface area contributed by atoms with Gasteiger partial charge in [-0.2, -0.15) is 0 Å². The molecule has 0 spiro atoms. The van der Waals surface area contributed by atoms with Crippen molar-refractivity contribution in [3.05, 3.63) is 7.11 Å². The summed E-state index contributed by atoms with van der Waals surface area (Å²) in [6, 6.07) is 0. The van der Waals surface area contributed by atoms with Gasteiger partial charge in [0.15, 0.2) is 6.10 Å². The second-order valence-corrected chi connectivity index (χ2v) is 1.60. The fraction of sp³-hybridized carbons (Fsp3) is 0.667. The van der Waals surface area contributed by atoms with Gasteiger partial charge in [0.1, 0.15) is 7.11 Å². The van der Waals surface area contributed by atoms with Gasteiger partial charge in [0, 0.05) is 7.11 Å². The number of rotatable bonds is 3. The topological polar surface area (TPSA) is 35.5 Å². The average molecular weight is 131 g/mol. The third-order valence-corrected chi connectivity index (χ3v) is 1.06. The predicted molar refractivity (Wildman–Crippen MR) is 32.5 cm³/mol. The standard InChI is InChI=1S/C6H11O3/c1-4-5(8-2)6(7)9-3/h5H,3-4H2,1-2H3. The molecule has 1 radical (unpaired) electrons. The van der Waals surface area contributed by atoms with Crippen molar-refractivity contribution in [3.63, 3.8) is 0 Å². The van der Waals surface area contributed by atoms with E-state index in [4.69, 9.17) is 4.74 Å². The van der Waals surface area contributed by atoms with E-state index in [0.717, 1.165) is 0 Å². The highest BCUT2D eigenvalue weighted by Crippen LogP contribution is 1.97. The molecule has 0 rings (SSSR count). The summed E-state index contributed by atoms with van der Waals surface area (Å²) in [5.74, 6) is -0.417. The molecule has 0 amide bonds. The molecule has 0 saturated carbocycles. The maximum atomic E-state index is 10.6. The normalized spacial score (nSPS) is 12.8. The first-order valence-corrected chi connectivity index (χ1v) is 2.74. The highest BCUT2D eigenvalue weighted by atomic mass is 16.6. The Morgan fingerprint density at radius 2 is 2.33 bits per heavy atom. The van der Waals surface area contributed by atoms with Gasteiger partial charge in [-0.25, -0.2) is 4.79 Å². The van der Waals surface area contributed by atoms with Crippen LogP contribution >= 0.6 is 0 Å². The van der Waals surface area contributed by atoms with E-state index in [1.54, 1.807) is 0 Å². The second kappa shape index (κ2) is 4.32. The predicted octanol–water partition coefficient (Wildman–Crippen LogP) is 0.746. The first-order valence-electron chi connectivity index (χ1n) is 2.74. The van der Waals surface area contributed by atoms with Gasteiger partial charge in [-0.3, -0.25) is 0 Å². The van der Waals surface area contributed by atoms with Gasteiger partial charge in [0.25, 0.3) is 0 Å². The maximum Gasteiger partial charge on any atom is 0.335 e. The van der Waals surface area contributed by atoms with Crippen molar-refractivity contribution < 1.29 is 14.3 Å². The largest absolute Gasteiger partial charge is 0.460 e. The summed E-state index contributed by atoms with van der Waals surface area (Å²) in [6.45, 7) is 1.84. The molecule has 0 aromatic rings. The molecule has 0 bridgehead atoms. The number of carbonyl (C=O) groups is 1. The summed E-state index contributed by atoms with van der Waals surface area (Å²) in [5.41, 5.74) is 0. The molecule has 0 N–H and O–H groups in total. The number of esters is 1. The van der Waals surface area contributed by atoms with Crippen LogP contribution in [0.5, 0.6) is 0 Å². The lowest BCUT2D eigenvalue weighted by Crippen LogP contribution is -2.22. The quantitative estimate of drug-likeness (QED) is 0.530. The molecule has 0 fully saturated rings. The van der Waals surface area contributed by atoms with Gasteiger partial charge in [-0.1, -0.05) is 6.92 Å². The number of hydrogen-bond donors (Lipinski definition) is 0. The smallest absolute Gasteiger partial charge is 0.335 e. The molecule has 3 nitrogen and oxygen atoms in total. The summed E-state index contributed by atoms with van der Waals surface area (Å²) in [7, 11) is 4.44. The van der Waals surface area contributed by atoms with E-state index >= 15 is 0 Å². The third kappa shape index (κ3) is 2.46. The average Bonchev–Trinajstić information content (AvgIpc) is 1.90. The molecule has 1 unspecified atom stereocenters. The van der Waals surface area contributed by atoms with Crippen molar-refractivity contribution in [2.45, 2.75) is 19.4 Å². The Kier molecular flexibility index (Phi) is 4.05. The molecular formula is C6H11O3. The summed E-state index contributed by atoms with van der Waals surface area (Å²) < 4.78 is 8.92. The lowest BCUT2D eigenvalue weighted by atomic mass is 10.3. The molecule has 0 aromatic carbocycles. The molecule has 0 saturated heterocycles. The molecule has 0 aliphatic carbocycles. The van der Waals surface area contributed by atoms with E-state index in [1.807, 2.05) is 6.92 Å². The fourth-order valence-electron chi connectivity index (χ4n) is 0.523. The Labute approximate surface area is 55.0 Å². The first-order chi connectivity index (χ1) is 4.26. The number of ether oxygens (including phenoxy) is 2. The van der Waals surface area contributed by atoms with Crippen LogP contribution in [0.25, 0.3) is 0 Å². The van der Waals surface area contributed by atoms with E-state index in [-0.39, 0.29) is 0 Å². The van der Waals surface area contributed by atoms with Crippen LogP contribution in [-0.2, 0) is 14.3 Å². The van der Waals surface area contributed by atoms with Crippen molar-refractivity contribution in [3.8, 4) is 0 Å². The number of carbonyl (C=O) groups excluding carboxylic acids is 1. The van der Waals surface area contributed by atoms with Crippen LogP contribution in [0.15, 0.2) is 0 Å². The Morgan fingerprint density at radius 1 is 1.78 bits per heavy atom. The van der Waals surface area contributed by atoms with Crippen LogP contribution in [0, 0.1) is 7.11 Å². The Hall–Kier alpha value is -0.570. The minimum absolute atomic E-state index is 0.417. The molecule has 3 heteroatoms. The Balaban J connectivity index is 3.64. The lowest BCUT2D eigenvalue weighted by Gasteiger charge is -2.08. The van der Waals surface area contributed by atoms with E-state index in [9.17, 15) is 4.79 Å². The molecule has 0 aliphatic rings. The van der Waals surface area contributed by atoms with Crippen molar-refractivity contribution in [1.82, 2.24) is 0 Å². The SMILES string of the molecule is [CH2]OC(=O)C(CC)OC. The zero-order valence-corrected chi connectivity index (χ0v) is 5.72. The van der Waals surface area contributed by atoms with E-state index in [2.05, 4.69) is 11.8 Å². The fourth-order valence-corrected chi connectivity index (χ4v) is 0.523. The van der Waals surface area contributed by atoms with E-state index in [1.165, 1.54) is 7.11 Å². The molecule has 0 aliphatic heterocycles. The van der Waals surface area contributed by atoms with Crippen LogP contribution in [0.3, 0.4) is 0 Å². The summed E-state index contributed by atoms with van der Waals surface area (Å²) in [6.07, 6.45) is 0.160. The minimum Gasteiger partial charge on any atom is -0.460 e. The Bertz CT molecular complexity index is 86.3. The van der Waals surface area contributed by atoms with Gasteiger partial charge < -0.3 is 9.47 Å². The zero-order valence-electron chi connectivity index (χ0n) is 5.72. The van der Waals surface area contributed by atoms with Gasteiger partial charge in [0.05, 0.1) is 0 Å². The van der Waals surface area contributed by atoms with Gasteiger partial charge in [-0.15, -0.1) is 0 Å². The maximum absolute atomic E-state index is 10.6. The molecule has 1 atom stereocenters. The van der Waals surface area contributed by atoms with Gasteiger partial charge in [0.2, 0.25) is 0 Å². The summed E-state index contributed by atoms with van der Waals surface area (Å²) in [4.78, 5) is 10.6. The molecule has 53 valence electrons. The first kappa shape index (κ1) is 8.43. The third-order valence-electron chi connectivity index (χ3n) is 1.06. The van der Waals surface area contributed by atoms with Crippen LogP contribution in [0.2, 0.25) is 0 Å². The Morgan fingerprint density at radius 3 is 2.44 bits per heavy atom. The molecular weight excluding hydrogens is 120 g/mol. The van der Waals surface area contributed by atoms with Gasteiger partial charge >= 0.3 is 5.97 Å². The van der Waals surface area contributed by atoms with Crippen LogP contribution in [0.1, 0.15) is 13.3 Å². The van der Waals surface area contributed by atoms with E-state index < -0.39 is 12.1 Å². The van der Waals surface area contributed by atoms with Gasteiger partial charge in [-0.05, 0) is 6.42 Å². The number of methoxy groups -OCH3 is 1. The molecule has 0 heterocycles.